The van der Waals surface area contributed by atoms with Gasteiger partial charge in [0.25, 0.3) is 0 Å². The highest BCUT2D eigenvalue weighted by atomic mass is 79.9. The van der Waals surface area contributed by atoms with E-state index in [4.69, 9.17) is 0 Å². The number of halogens is 2. The third-order valence-electron chi connectivity index (χ3n) is 7.77. The molecule has 0 saturated heterocycles. The van der Waals surface area contributed by atoms with Crippen molar-refractivity contribution in [1.82, 2.24) is 0 Å². The van der Waals surface area contributed by atoms with Gasteiger partial charge in [0.2, 0.25) is 0 Å². The lowest BCUT2D eigenvalue weighted by Gasteiger charge is -2.45. The molecule has 1 aliphatic carbocycles. The van der Waals surface area contributed by atoms with Crippen LogP contribution in [0, 0.1) is 13.8 Å². The summed E-state index contributed by atoms with van der Waals surface area (Å²) in [5.74, 6) is 0. The van der Waals surface area contributed by atoms with Crippen LogP contribution in [0.25, 0.3) is 32.7 Å². The minimum Gasteiger partial charge on any atom is -0.382 e. The van der Waals surface area contributed by atoms with E-state index in [-0.39, 0.29) is 0 Å². The Balaban J connectivity index is 0.000000149. The van der Waals surface area contributed by atoms with Gasteiger partial charge in [-0.15, -0.1) is 0 Å². The van der Waals surface area contributed by atoms with Crippen LogP contribution >= 0.6 is 31.9 Å². The van der Waals surface area contributed by atoms with E-state index in [0.717, 1.165) is 31.2 Å². The first-order valence-electron chi connectivity index (χ1n) is 12.0. The molecule has 1 aliphatic rings. The van der Waals surface area contributed by atoms with Gasteiger partial charge in [0.05, 0.1) is 0 Å². The zero-order chi connectivity index (χ0) is 25.8. The highest BCUT2D eigenvalue weighted by Gasteiger charge is 2.50. The van der Waals surface area contributed by atoms with Crippen LogP contribution in [0.2, 0.25) is 0 Å². The lowest BCUT2D eigenvalue weighted by molar-refractivity contribution is -0.144. The van der Waals surface area contributed by atoms with E-state index >= 15 is 0 Å². The normalized spacial score (nSPS) is 20.4. The zero-order valence-corrected chi connectivity index (χ0v) is 23.9. The van der Waals surface area contributed by atoms with Crippen LogP contribution in [-0.2, 0) is 11.2 Å². The van der Waals surface area contributed by atoms with Crippen molar-refractivity contribution in [3.63, 3.8) is 0 Å². The highest BCUT2D eigenvalue weighted by Crippen LogP contribution is 2.51. The fraction of sp³-hybridized carbons (Fsp3) is 0.188. The van der Waals surface area contributed by atoms with Crippen molar-refractivity contribution in [2.75, 3.05) is 0 Å². The number of hydrogen-bond donors (Lipinski definition) is 2. The van der Waals surface area contributed by atoms with Crippen LogP contribution in [0.3, 0.4) is 0 Å². The molecule has 0 aromatic heterocycles. The summed E-state index contributed by atoms with van der Waals surface area (Å²) in [6.07, 6.45) is 0. The fourth-order valence-corrected chi connectivity index (χ4v) is 6.05. The molecule has 2 N–H and O–H groups in total. The van der Waals surface area contributed by atoms with Gasteiger partial charge in [-0.3, -0.25) is 0 Å². The summed E-state index contributed by atoms with van der Waals surface area (Å²) in [5, 5.41) is 27.1. The van der Waals surface area contributed by atoms with Crippen molar-refractivity contribution in [2.45, 2.75) is 38.9 Å². The van der Waals surface area contributed by atoms with Crippen molar-refractivity contribution < 1.29 is 10.2 Å². The van der Waals surface area contributed by atoms with Crippen LogP contribution < -0.4 is 0 Å². The van der Waals surface area contributed by atoms with Crippen molar-refractivity contribution in [1.29, 1.82) is 0 Å². The number of benzene rings is 5. The monoisotopic (exact) mass is 602 g/mol. The molecule has 2 nitrogen and oxygen atoms in total. The van der Waals surface area contributed by atoms with E-state index in [0.29, 0.717) is 0 Å². The second-order valence-electron chi connectivity index (χ2n) is 9.87. The van der Waals surface area contributed by atoms with Crippen molar-refractivity contribution in [2.24, 2.45) is 0 Å². The Kier molecular flexibility index (Phi) is 6.37. The minimum atomic E-state index is -1.33. The third-order valence-corrected chi connectivity index (χ3v) is 8.75. The number of hydrogen-bond acceptors (Lipinski definition) is 2. The molecular weight excluding hydrogens is 576 g/mol. The Bertz CT molecular complexity index is 1630. The second kappa shape index (κ2) is 9.11. The summed E-state index contributed by atoms with van der Waals surface area (Å²) in [7, 11) is 0. The Morgan fingerprint density at radius 1 is 0.528 bits per heavy atom. The second-order valence-corrected chi connectivity index (χ2v) is 11.7. The maximum atomic E-state index is 10.9. The smallest absolute Gasteiger partial charge is 0.120 e. The molecule has 5 aromatic rings. The number of rotatable bonds is 0. The van der Waals surface area contributed by atoms with Gasteiger partial charge in [0, 0.05) is 8.95 Å². The first kappa shape index (κ1) is 25.2. The minimum absolute atomic E-state index is 0.741. The molecule has 0 amide bonds. The highest BCUT2D eigenvalue weighted by molar-refractivity contribution is 9.10. The molecule has 0 radical (unpaired) electrons. The van der Waals surface area contributed by atoms with E-state index in [2.05, 4.69) is 88.2 Å². The number of aryl methyl sites for hydroxylation is 2. The largest absolute Gasteiger partial charge is 0.382 e. The summed E-state index contributed by atoms with van der Waals surface area (Å²) in [6.45, 7) is 7.73. The molecule has 0 bridgehead atoms. The van der Waals surface area contributed by atoms with Gasteiger partial charge >= 0.3 is 0 Å². The lowest BCUT2D eigenvalue weighted by atomic mass is 9.67. The average molecular weight is 604 g/mol. The van der Waals surface area contributed by atoms with Crippen LogP contribution in [-0.4, -0.2) is 10.2 Å². The maximum Gasteiger partial charge on any atom is 0.120 e. The number of fused-ring (bicyclic) bond motifs is 6. The van der Waals surface area contributed by atoms with E-state index < -0.39 is 11.2 Å². The molecule has 6 rings (SSSR count). The quantitative estimate of drug-likeness (QED) is 0.173. The van der Waals surface area contributed by atoms with Crippen LogP contribution in [0.1, 0.15) is 36.1 Å². The molecule has 182 valence electrons. The molecule has 36 heavy (non-hydrogen) atoms. The summed E-state index contributed by atoms with van der Waals surface area (Å²) in [4.78, 5) is 0. The Labute approximate surface area is 228 Å². The Morgan fingerprint density at radius 2 is 1.03 bits per heavy atom. The molecule has 0 fully saturated rings. The first-order valence-corrected chi connectivity index (χ1v) is 13.5. The fourth-order valence-electron chi connectivity index (χ4n) is 5.33. The van der Waals surface area contributed by atoms with Crippen molar-refractivity contribution in [3.8, 4) is 11.1 Å². The van der Waals surface area contributed by atoms with E-state index in [9.17, 15) is 10.2 Å². The van der Waals surface area contributed by atoms with Gasteiger partial charge in [-0.2, -0.15) is 0 Å². The van der Waals surface area contributed by atoms with Crippen LogP contribution in [0.5, 0.6) is 0 Å². The van der Waals surface area contributed by atoms with Gasteiger partial charge in [0.15, 0.2) is 0 Å². The van der Waals surface area contributed by atoms with Gasteiger partial charge in [-0.1, -0.05) is 92.5 Å². The Morgan fingerprint density at radius 3 is 1.78 bits per heavy atom. The molecule has 0 spiro atoms. The molecule has 2 unspecified atom stereocenters. The summed E-state index contributed by atoms with van der Waals surface area (Å²) in [6, 6.07) is 28.6. The molecular formula is C32H28Br2O2. The van der Waals surface area contributed by atoms with Gasteiger partial charge in [0.1, 0.15) is 11.2 Å². The predicted molar refractivity (Wildman–Crippen MR) is 157 cm³/mol. The SMILES string of the molecule is CC1(O)c2ccccc2-c2ccc(Br)cc2C1(C)O.Cc1c(C)c2cc(Br)ccc2c2ccccc12. The molecule has 0 heterocycles. The van der Waals surface area contributed by atoms with Gasteiger partial charge < -0.3 is 10.2 Å². The van der Waals surface area contributed by atoms with E-state index in [1.54, 1.807) is 13.8 Å². The molecule has 0 saturated carbocycles. The molecule has 5 aromatic carbocycles. The van der Waals surface area contributed by atoms with Gasteiger partial charge in [-0.25, -0.2) is 0 Å². The number of aliphatic hydroxyl groups is 2. The average Bonchev–Trinajstić information content (AvgIpc) is 2.87. The van der Waals surface area contributed by atoms with Crippen molar-refractivity contribution >= 4 is 53.4 Å². The van der Waals surface area contributed by atoms with Crippen LogP contribution in [0.15, 0.2) is 93.9 Å². The summed E-state index contributed by atoms with van der Waals surface area (Å²) in [5.41, 5.74) is 3.54. The first-order chi connectivity index (χ1) is 17.0. The van der Waals surface area contributed by atoms with Crippen molar-refractivity contribution in [3.05, 3.63) is 116 Å². The maximum absolute atomic E-state index is 10.9. The molecule has 4 heteroatoms. The molecule has 0 aliphatic heterocycles. The predicted octanol–water partition coefficient (Wildman–Crippen LogP) is 8.92. The molecule has 2 atom stereocenters. The third kappa shape index (κ3) is 3.92. The zero-order valence-electron chi connectivity index (χ0n) is 20.7. The topological polar surface area (TPSA) is 40.5 Å². The Hall–Kier alpha value is -2.50. The summed E-state index contributed by atoms with van der Waals surface area (Å²) < 4.78 is 2.03. The van der Waals surface area contributed by atoms with E-state index in [1.807, 2.05) is 42.5 Å². The summed E-state index contributed by atoms with van der Waals surface area (Å²) >= 11 is 6.98. The standard InChI is InChI=1S/C16H15BrO2.C16H13Br/c1-15(18)13-6-4-3-5-11(13)12-8-7-10(17)9-14(12)16(15,2)19;1-10-11(2)16-9-12(17)7-8-15(16)14-6-4-3-5-13(10)14/h3-9,18-19H,1-2H3;3-9H,1-2H3. The van der Waals surface area contributed by atoms with Crippen LogP contribution in [0.4, 0.5) is 0 Å². The lowest BCUT2D eigenvalue weighted by Crippen LogP contribution is -2.47. The van der Waals surface area contributed by atoms with Gasteiger partial charge in [-0.05, 0) is 107 Å². The van der Waals surface area contributed by atoms with E-state index in [1.165, 1.54) is 32.7 Å².